The van der Waals surface area contributed by atoms with Crippen LogP contribution in [0.25, 0.3) is 0 Å². The van der Waals surface area contributed by atoms with Crippen molar-refractivity contribution in [2.75, 3.05) is 13.2 Å². The SMILES string of the molecule is O=C(COCC1CCCCC1)c1cc(Cl)sc1Cl. The first-order valence-electron chi connectivity index (χ1n) is 6.22. The summed E-state index contributed by atoms with van der Waals surface area (Å²) in [6.45, 7) is 0.782. The summed E-state index contributed by atoms with van der Waals surface area (Å²) in [6, 6.07) is 1.61. The van der Waals surface area contributed by atoms with Gasteiger partial charge in [-0.3, -0.25) is 4.79 Å². The first-order valence-corrected chi connectivity index (χ1v) is 7.80. The highest BCUT2D eigenvalue weighted by atomic mass is 35.5. The number of thiophene rings is 1. The molecule has 1 fully saturated rings. The lowest BCUT2D eigenvalue weighted by Crippen LogP contribution is -2.17. The number of ketones is 1. The quantitative estimate of drug-likeness (QED) is 0.728. The molecule has 0 aliphatic heterocycles. The van der Waals surface area contributed by atoms with Crippen LogP contribution in [-0.2, 0) is 4.74 Å². The molecule has 1 aliphatic carbocycles. The van der Waals surface area contributed by atoms with Crippen LogP contribution in [0.5, 0.6) is 0 Å². The van der Waals surface area contributed by atoms with E-state index in [-0.39, 0.29) is 12.4 Å². The predicted octanol–water partition coefficient (Wildman–Crippen LogP) is 4.83. The first kappa shape index (κ1) is 14.3. The molecule has 1 aliphatic rings. The number of hydrogen-bond donors (Lipinski definition) is 0. The molecule has 5 heteroatoms. The number of carbonyl (C=O) groups is 1. The number of rotatable bonds is 5. The summed E-state index contributed by atoms with van der Waals surface area (Å²) < 4.78 is 6.49. The molecular formula is C13H16Cl2O2S. The molecular weight excluding hydrogens is 291 g/mol. The number of Topliss-reactive ketones (excluding diaryl/α,β-unsaturated/α-hetero) is 1. The fourth-order valence-corrected chi connectivity index (χ4v) is 3.78. The molecule has 1 aromatic heterocycles. The van der Waals surface area contributed by atoms with E-state index in [1.54, 1.807) is 6.07 Å². The highest BCUT2D eigenvalue weighted by Gasteiger charge is 2.17. The van der Waals surface area contributed by atoms with Gasteiger partial charge in [-0.25, -0.2) is 0 Å². The van der Waals surface area contributed by atoms with Crippen molar-refractivity contribution in [3.63, 3.8) is 0 Å². The van der Waals surface area contributed by atoms with Gasteiger partial charge >= 0.3 is 0 Å². The molecule has 0 atom stereocenters. The van der Waals surface area contributed by atoms with Gasteiger partial charge in [-0.2, -0.15) is 0 Å². The first-order chi connectivity index (χ1) is 8.66. The lowest BCUT2D eigenvalue weighted by atomic mass is 9.90. The molecule has 0 aromatic carbocycles. The molecule has 2 nitrogen and oxygen atoms in total. The van der Waals surface area contributed by atoms with E-state index >= 15 is 0 Å². The van der Waals surface area contributed by atoms with Crippen LogP contribution in [0.2, 0.25) is 8.67 Å². The van der Waals surface area contributed by atoms with Crippen LogP contribution in [0.1, 0.15) is 42.5 Å². The van der Waals surface area contributed by atoms with E-state index in [0.717, 1.165) is 0 Å². The van der Waals surface area contributed by atoms with E-state index in [2.05, 4.69) is 0 Å². The predicted molar refractivity (Wildman–Crippen MR) is 76.1 cm³/mol. The Bertz CT molecular complexity index is 411. The van der Waals surface area contributed by atoms with Gasteiger partial charge in [0.15, 0.2) is 5.78 Å². The maximum absolute atomic E-state index is 11.9. The van der Waals surface area contributed by atoms with Crippen LogP contribution in [0.4, 0.5) is 0 Å². The van der Waals surface area contributed by atoms with Gasteiger partial charge in [0.1, 0.15) is 10.9 Å². The molecule has 18 heavy (non-hydrogen) atoms. The molecule has 0 spiro atoms. The van der Waals surface area contributed by atoms with Gasteiger partial charge in [-0.15, -0.1) is 11.3 Å². The standard InChI is InChI=1S/C13H16Cl2O2S/c14-12-6-10(13(15)18-12)11(16)8-17-7-9-4-2-1-3-5-9/h6,9H,1-5,7-8H2. The second-order valence-corrected chi connectivity index (χ2v) is 6.97. The second-order valence-electron chi connectivity index (χ2n) is 4.68. The third-order valence-corrected chi connectivity index (χ3v) is 4.76. The Morgan fingerprint density at radius 1 is 1.33 bits per heavy atom. The third kappa shape index (κ3) is 3.95. The number of halogens is 2. The van der Waals surface area contributed by atoms with Gasteiger partial charge in [0.2, 0.25) is 0 Å². The van der Waals surface area contributed by atoms with E-state index < -0.39 is 0 Å². The van der Waals surface area contributed by atoms with Crippen molar-refractivity contribution in [3.05, 3.63) is 20.3 Å². The molecule has 1 aromatic rings. The van der Waals surface area contributed by atoms with E-state index in [9.17, 15) is 4.79 Å². The fraction of sp³-hybridized carbons (Fsp3) is 0.615. The van der Waals surface area contributed by atoms with Gasteiger partial charge in [0.05, 0.1) is 16.5 Å². The summed E-state index contributed by atoms with van der Waals surface area (Å²) >= 11 is 12.9. The normalized spacial score (nSPS) is 17.0. The summed E-state index contributed by atoms with van der Waals surface area (Å²) in [6.07, 6.45) is 6.35. The van der Waals surface area contributed by atoms with Crippen molar-refractivity contribution in [1.82, 2.24) is 0 Å². The number of hydrogen-bond acceptors (Lipinski definition) is 3. The molecule has 1 heterocycles. The van der Waals surface area contributed by atoms with E-state index in [4.69, 9.17) is 27.9 Å². The Hall–Kier alpha value is -0.0900. The Morgan fingerprint density at radius 2 is 2.06 bits per heavy atom. The molecule has 0 bridgehead atoms. The zero-order valence-electron chi connectivity index (χ0n) is 10.1. The molecule has 100 valence electrons. The topological polar surface area (TPSA) is 26.3 Å². The van der Waals surface area contributed by atoms with E-state index in [0.29, 0.717) is 26.8 Å². The van der Waals surface area contributed by atoms with Gasteiger partial charge in [0.25, 0.3) is 0 Å². The molecule has 0 N–H and O–H groups in total. The number of carbonyl (C=O) groups excluding carboxylic acids is 1. The minimum atomic E-state index is -0.0843. The zero-order valence-corrected chi connectivity index (χ0v) is 12.4. The number of ether oxygens (including phenoxy) is 1. The van der Waals surface area contributed by atoms with Crippen molar-refractivity contribution in [1.29, 1.82) is 0 Å². The Labute approximate surface area is 121 Å². The summed E-state index contributed by atoms with van der Waals surface area (Å²) in [5.74, 6) is 0.534. The van der Waals surface area contributed by atoms with Gasteiger partial charge in [-0.1, -0.05) is 42.5 Å². The lowest BCUT2D eigenvalue weighted by Gasteiger charge is -2.20. The average Bonchev–Trinajstić information content (AvgIpc) is 2.70. The third-order valence-electron chi connectivity index (χ3n) is 3.27. The van der Waals surface area contributed by atoms with Crippen LogP contribution in [0.15, 0.2) is 6.07 Å². The zero-order chi connectivity index (χ0) is 13.0. The van der Waals surface area contributed by atoms with E-state index in [1.165, 1.54) is 43.4 Å². The van der Waals surface area contributed by atoms with Crippen LogP contribution in [-0.4, -0.2) is 19.0 Å². The Morgan fingerprint density at radius 3 is 2.67 bits per heavy atom. The van der Waals surface area contributed by atoms with Gasteiger partial charge < -0.3 is 4.74 Å². The summed E-state index contributed by atoms with van der Waals surface area (Å²) in [7, 11) is 0. The Kier molecular flexibility index (Phi) is 5.49. The smallest absolute Gasteiger partial charge is 0.190 e. The summed E-state index contributed by atoms with van der Waals surface area (Å²) in [4.78, 5) is 11.9. The molecule has 2 rings (SSSR count). The molecule has 0 saturated heterocycles. The molecule has 1 saturated carbocycles. The van der Waals surface area contributed by atoms with Crippen LogP contribution in [0.3, 0.4) is 0 Å². The van der Waals surface area contributed by atoms with Crippen LogP contribution >= 0.6 is 34.5 Å². The minimum absolute atomic E-state index is 0.0843. The molecule has 0 radical (unpaired) electrons. The monoisotopic (exact) mass is 306 g/mol. The molecule has 0 amide bonds. The minimum Gasteiger partial charge on any atom is -0.373 e. The second kappa shape index (κ2) is 6.90. The summed E-state index contributed by atoms with van der Waals surface area (Å²) in [5, 5.41) is 0. The summed E-state index contributed by atoms with van der Waals surface area (Å²) in [5.41, 5.74) is 0.482. The average molecular weight is 307 g/mol. The largest absolute Gasteiger partial charge is 0.373 e. The van der Waals surface area contributed by atoms with Crippen LogP contribution in [0, 0.1) is 5.92 Å². The molecule has 0 unspecified atom stereocenters. The fourth-order valence-electron chi connectivity index (χ4n) is 2.28. The highest BCUT2D eigenvalue weighted by Crippen LogP contribution is 2.31. The van der Waals surface area contributed by atoms with E-state index in [1.807, 2.05) is 0 Å². The maximum atomic E-state index is 11.9. The van der Waals surface area contributed by atoms with Gasteiger partial charge in [0, 0.05) is 0 Å². The highest BCUT2D eigenvalue weighted by molar-refractivity contribution is 7.20. The van der Waals surface area contributed by atoms with Crippen molar-refractivity contribution < 1.29 is 9.53 Å². The maximum Gasteiger partial charge on any atom is 0.190 e. The van der Waals surface area contributed by atoms with Crippen molar-refractivity contribution in [3.8, 4) is 0 Å². The van der Waals surface area contributed by atoms with Gasteiger partial charge in [-0.05, 0) is 24.8 Å². The van der Waals surface area contributed by atoms with Crippen molar-refractivity contribution in [2.45, 2.75) is 32.1 Å². The van der Waals surface area contributed by atoms with Crippen molar-refractivity contribution in [2.24, 2.45) is 5.92 Å². The van der Waals surface area contributed by atoms with Crippen LogP contribution < -0.4 is 0 Å². The lowest BCUT2D eigenvalue weighted by molar-refractivity contribution is 0.0629. The Balaban J connectivity index is 1.76. The van der Waals surface area contributed by atoms with Crippen molar-refractivity contribution >= 4 is 40.3 Å².